The average Bonchev–Trinajstić information content (AvgIpc) is 2.66. The van der Waals surface area contributed by atoms with Crippen LogP contribution >= 0.6 is 0 Å². The first-order valence-electron chi connectivity index (χ1n) is 8.79. The average molecular weight is 345 g/mol. The van der Waals surface area contributed by atoms with Crippen molar-refractivity contribution in [2.45, 2.75) is 19.8 Å². The van der Waals surface area contributed by atoms with Crippen LogP contribution in [0.15, 0.2) is 72.9 Å². The molecule has 0 aliphatic rings. The van der Waals surface area contributed by atoms with E-state index in [2.05, 4.69) is 27.8 Å². The maximum Gasteiger partial charge on any atom is 0.228 e. The zero-order valence-electron chi connectivity index (χ0n) is 14.9. The van der Waals surface area contributed by atoms with Gasteiger partial charge in [0, 0.05) is 6.54 Å². The minimum absolute atomic E-state index is 0.0362. The van der Waals surface area contributed by atoms with Crippen LogP contribution in [0.2, 0.25) is 0 Å². The van der Waals surface area contributed by atoms with Crippen LogP contribution < -0.4 is 10.6 Å². The number of carbonyl (C=O) groups excluding carboxylic acids is 1. The summed E-state index contributed by atoms with van der Waals surface area (Å²) in [6.45, 7) is 2.83. The molecule has 0 atom stereocenters. The van der Waals surface area contributed by atoms with Crippen LogP contribution in [0.1, 0.15) is 16.7 Å². The van der Waals surface area contributed by atoms with E-state index in [0.29, 0.717) is 12.1 Å². The Hall–Kier alpha value is -3.14. The Bertz CT molecular complexity index is 845. The van der Waals surface area contributed by atoms with Gasteiger partial charge in [-0.1, -0.05) is 54.6 Å². The van der Waals surface area contributed by atoms with Crippen molar-refractivity contribution in [3.63, 3.8) is 0 Å². The summed E-state index contributed by atoms with van der Waals surface area (Å²) in [6.07, 6.45) is 2.99. The number of aromatic nitrogens is 1. The molecule has 1 amide bonds. The molecule has 3 rings (SSSR count). The maximum atomic E-state index is 12.2. The number of hydrogen-bond acceptors (Lipinski definition) is 3. The summed E-state index contributed by atoms with van der Waals surface area (Å²) in [5.74, 6) is 0.767. The maximum absolute atomic E-state index is 12.2. The van der Waals surface area contributed by atoms with Crippen molar-refractivity contribution < 1.29 is 4.79 Å². The first kappa shape index (κ1) is 17.7. The third-order valence-corrected chi connectivity index (χ3v) is 4.22. The van der Waals surface area contributed by atoms with Gasteiger partial charge in [-0.05, 0) is 42.2 Å². The molecule has 132 valence electrons. The minimum atomic E-state index is -0.0362. The molecule has 0 aliphatic heterocycles. The molecule has 0 spiro atoms. The van der Waals surface area contributed by atoms with E-state index < -0.39 is 0 Å². The molecule has 26 heavy (non-hydrogen) atoms. The Morgan fingerprint density at radius 2 is 1.73 bits per heavy atom. The lowest BCUT2D eigenvalue weighted by molar-refractivity contribution is -0.115. The van der Waals surface area contributed by atoms with E-state index in [4.69, 9.17) is 0 Å². The van der Waals surface area contributed by atoms with Crippen molar-refractivity contribution in [1.82, 2.24) is 4.98 Å². The van der Waals surface area contributed by atoms with E-state index in [-0.39, 0.29) is 5.91 Å². The molecule has 0 aliphatic carbocycles. The summed E-state index contributed by atoms with van der Waals surface area (Å²) in [6, 6.07) is 22.0. The quantitative estimate of drug-likeness (QED) is 0.674. The standard InChI is InChI=1S/C22H23N3O/c1-17-7-5-6-10-19(17)15-22(26)25-20-11-12-21(24-16-20)23-14-13-18-8-3-2-4-9-18/h2-12,16H,13-15H2,1H3,(H,23,24)(H,25,26). The highest BCUT2D eigenvalue weighted by Crippen LogP contribution is 2.12. The fourth-order valence-electron chi connectivity index (χ4n) is 2.74. The lowest BCUT2D eigenvalue weighted by Gasteiger charge is -2.09. The van der Waals surface area contributed by atoms with Gasteiger partial charge >= 0.3 is 0 Å². The number of pyridine rings is 1. The second-order valence-corrected chi connectivity index (χ2v) is 6.25. The monoisotopic (exact) mass is 345 g/mol. The van der Waals surface area contributed by atoms with Gasteiger partial charge < -0.3 is 10.6 Å². The zero-order valence-corrected chi connectivity index (χ0v) is 14.9. The third kappa shape index (κ3) is 5.18. The lowest BCUT2D eigenvalue weighted by atomic mass is 10.1. The van der Waals surface area contributed by atoms with E-state index in [1.54, 1.807) is 6.20 Å². The molecule has 0 bridgehead atoms. The molecule has 4 nitrogen and oxygen atoms in total. The Morgan fingerprint density at radius 1 is 0.962 bits per heavy atom. The molecule has 2 N–H and O–H groups in total. The molecule has 4 heteroatoms. The van der Waals surface area contributed by atoms with E-state index in [0.717, 1.165) is 29.9 Å². The topological polar surface area (TPSA) is 54.0 Å². The van der Waals surface area contributed by atoms with E-state index in [9.17, 15) is 4.79 Å². The number of carbonyl (C=O) groups is 1. The van der Waals surface area contributed by atoms with Crippen molar-refractivity contribution in [3.05, 3.63) is 89.6 Å². The molecule has 3 aromatic rings. The van der Waals surface area contributed by atoms with Gasteiger partial charge in [-0.25, -0.2) is 4.98 Å². The number of anilines is 2. The van der Waals surface area contributed by atoms with Gasteiger partial charge in [0.15, 0.2) is 0 Å². The third-order valence-electron chi connectivity index (χ3n) is 4.22. The molecule has 0 saturated heterocycles. The fraction of sp³-hybridized carbons (Fsp3) is 0.182. The number of nitrogens with zero attached hydrogens (tertiary/aromatic N) is 1. The molecule has 0 radical (unpaired) electrons. The molecule has 0 unspecified atom stereocenters. The van der Waals surface area contributed by atoms with Gasteiger partial charge in [0.25, 0.3) is 0 Å². The number of rotatable bonds is 7. The number of nitrogens with one attached hydrogen (secondary N) is 2. The summed E-state index contributed by atoms with van der Waals surface area (Å²) in [5, 5.41) is 6.19. The molecule has 0 saturated carbocycles. The van der Waals surface area contributed by atoms with Crippen molar-refractivity contribution >= 4 is 17.4 Å². The summed E-state index contributed by atoms with van der Waals surface area (Å²) in [7, 11) is 0. The highest BCUT2D eigenvalue weighted by molar-refractivity contribution is 5.92. The second kappa shape index (κ2) is 8.81. The Balaban J connectivity index is 1.48. The van der Waals surface area contributed by atoms with E-state index in [1.165, 1.54) is 5.56 Å². The zero-order chi connectivity index (χ0) is 18.2. The van der Waals surface area contributed by atoms with Crippen molar-refractivity contribution in [2.24, 2.45) is 0 Å². The van der Waals surface area contributed by atoms with Crippen LogP contribution in [-0.2, 0) is 17.6 Å². The second-order valence-electron chi connectivity index (χ2n) is 6.25. The first-order chi connectivity index (χ1) is 12.7. The number of aryl methyl sites for hydroxylation is 1. The summed E-state index contributed by atoms with van der Waals surface area (Å²) < 4.78 is 0. The molecular formula is C22H23N3O. The Labute approximate surface area is 154 Å². The van der Waals surface area contributed by atoms with Gasteiger partial charge in [-0.3, -0.25) is 4.79 Å². The number of amides is 1. The summed E-state index contributed by atoms with van der Waals surface area (Å²) in [5.41, 5.74) is 4.16. The highest BCUT2D eigenvalue weighted by atomic mass is 16.1. The van der Waals surface area contributed by atoms with Crippen molar-refractivity contribution in [3.8, 4) is 0 Å². The van der Waals surface area contributed by atoms with Gasteiger partial charge in [0.05, 0.1) is 18.3 Å². The van der Waals surface area contributed by atoms with Gasteiger partial charge in [-0.15, -0.1) is 0 Å². The first-order valence-corrected chi connectivity index (χ1v) is 8.79. The Kier molecular flexibility index (Phi) is 5.99. The Morgan fingerprint density at radius 3 is 2.46 bits per heavy atom. The van der Waals surface area contributed by atoms with Crippen LogP contribution in [0.3, 0.4) is 0 Å². The predicted molar refractivity (Wildman–Crippen MR) is 106 cm³/mol. The fourth-order valence-corrected chi connectivity index (χ4v) is 2.74. The highest BCUT2D eigenvalue weighted by Gasteiger charge is 2.06. The predicted octanol–water partition coefficient (Wildman–Crippen LogP) is 4.23. The van der Waals surface area contributed by atoms with Crippen LogP contribution in [-0.4, -0.2) is 17.4 Å². The molecule has 1 heterocycles. The molecule has 1 aromatic heterocycles. The van der Waals surface area contributed by atoms with Gasteiger partial charge in [-0.2, -0.15) is 0 Å². The van der Waals surface area contributed by atoms with Gasteiger partial charge in [0.2, 0.25) is 5.91 Å². The van der Waals surface area contributed by atoms with E-state index >= 15 is 0 Å². The van der Waals surface area contributed by atoms with Gasteiger partial charge in [0.1, 0.15) is 5.82 Å². The smallest absolute Gasteiger partial charge is 0.228 e. The van der Waals surface area contributed by atoms with Crippen molar-refractivity contribution in [1.29, 1.82) is 0 Å². The SMILES string of the molecule is Cc1ccccc1CC(=O)Nc1ccc(NCCc2ccccc2)nc1. The van der Waals surface area contributed by atoms with Crippen molar-refractivity contribution in [2.75, 3.05) is 17.2 Å². The number of hydrogen-bond donors (Lipinski definition) is 2. The summed E-state index contributed by atoms with van der Waals surface area (Å²) >= 11 is 0. The molecular weight excluding hydrogens is 322 g/mol. The molecule has 2 aromatic carbocycles. The van der Waals surface area contributed by atoms with Crippen LogP contribution in [0.25, 0.3) is 0 Å². The molecule has 0 fully saturated rings. The largest absolute Gasteiger partial charge is 0.370 e. The summed E-state index contributed by atoms with van der Waals surface area (Å²) in [4.78, 5) is 16.6. The van der Waals surface area contributed by atoms with E-state index in [1.807, 2.05) is 61.5 Å². The lowest BCUT2D eigenvalue weighted by Crippen LogP contribution is -2.15. The van der Waals surface area contributed by atoms with Crippen LogP contribution in [0.4, 0.5) is 11.5 Å². The van der Waals surface area contributed by atoms with Crippen LogP contribution in [0.5, 0.6) is 0 Å². The van der Waals surface area contributed by atoms with Crippen LogP contribution in [0, 0.1) is 6.92 Å². The normalized spacial score (nSPS) is 10.3. The minimum Gasteiger partial charge on any atom is -0.370 e. The number of benzene rings is 2.